The molecule has 3 N–H and O–H groups in total. The van der Waals surface area contributed by atoms with Crippen molar-refractivity contribution in [3.63, 3.8) is 0 Å². The van der Waals surface area contributed by atoms with Gasteiger partial charge in [-0.3, -0.25) is 4.79 Å². The van der Waals surface area contributed by atoms with Crippen molar-refractivity contribution in [2.75, 3.05) is 11.1 Å². The van der Waals surface area contributed by atoms with E-state index in [1.54, 1.807) is 24.5 Å². The summed E-state index contributed by atoms with van der Waals surface area (Å²) in [4.78, 5) is 34.0. The molecule has 0 saturated heterocycles. The highest BCUT2D eigenvalue weighted by molar-refractivity contribution is 7.99. The maximum atomic E-state index is 11.9. The first kappa shape index (κ1) is 14.5. The second kappa shape index (κ2) is 6.16. The van der Waals surface area contributed by atoms with E-state index < -0.39 is 5.97 Å². The average molecular weight is 334 g/mol. The number of fused-ring (bicyclic) bond motifs is 1. The van der Waals surface area contributed by atoms with Gasteiger partial charge in [0.1, 0.15) is 0 Å². The number of thiazole rings is 1. The summed E-state index contributed by atoms with van der Waals surface area (Å²) >= 11 is 2.53. The van der Waals surface area contributed by atoms with Gasteiger partial charge < -0.3 is 15.4 Å². The molecular formula is C13H10N4O3S2. The molecule has 7 nitrogen and oxygen atoms in total. The molecule has 9 heteroatoms. The molecule has 1 amide bonds. The van der Waals surface area contributed by atoms with E-state index in [2.05, 4.69) is 20.3 Å². The van der Waals surface area contributed by atoms with Crippen molar-refractivity contribution in [3.05, 3.63) is 36.2 Å². The summed E-state index contributed by atoms with van der Waals surface area (Å²) in [6.07, 6.45) is 3.31. The van der Waals surface area contributed by atoms with Crippen molar-refractivity contribution in [2.24, 2.45) is 0 Å². The van der Waals surface area contributed by atoms with Crippen molar-refractivity contribution in [2.45, 2.75) is 5.16 Å². The highest BCUT2D eigenvalue weighted by atomic mass is 32.2. The van der Waals surface area contributed by atoms with E-state index in [9.17, 15) is 9.59 Å². The molecule has 2 aromatic heterocycles. The molecule has 2 heterocycles. The number of benzene rings is 1. The molecule has 0 fully saturated rings. The predicted molar refractivity (Wildman–Crippen MR) is 84.5 cm³/mol. The van der Waals surface area contributed by atoms with Crippen LogP contribution in [0.15, 0.2) is 35.7 Å². The summed E-state index contributed by atoms with van der Waals surface area (Å²) in [7, 11) is 0. The lowest BCUT2D eigenvalue weighted by atomic mass is 10.2. The molecule has 3 rings (SSSR count). The Morgan fingerprint density at radius 1 is 1.41 bits per heavy atom. The highest BCUT2D eigenvalue weighted by Crippen LogP contribution is 2.27. The van der Waals surface area contributed by atoms with Gasteiger partial charge in [0, 0.05) is 12.4 Å². The van der Waals surface area contributed by atoms with Crippen LogP contribution in [0.25, 0.3) is 10.2 Å². The zero-order chi connectivity index (χ0) is 15.5. The van der Waals surface area contributed by atoms with Gasteiger partial charge in [-0.25, -0.2) is 14.8 Å². The van der Waals surface area contributed by atoms with Crippen molar-refractivity contribution in [1.82, 2.24) is 15.0 Å². The first-order valence-corrected chi connectivity index (χ1v) is 7.98. The molecule has 1 aromatic carbocycles. The number of carbonyl (C=O) groups is 2. The van der Waals surface area contributed by atoms with E-state index in [-0.39, 0.29) is 17.2 Å². The van der Waals surface area contributed by atoms with E-state index in [4.69, 9.17) is 5.11 Å². The number of anilines is 1. The number of nitrogens with zero attached hydrogens (tertiary/aromatic N) is 2. The summed E-state index contributed by atoms with van der Waals surface area (Å²) in [6.45, 7) is 0. The topological polar surface area (TPSA) is 108 Å². The van der Waals surface area contributed by atoms with Gasteiger partial charge in [0.25, 0.3) is 0 Å². The van der Waals surface area contributed by atoms with Crippen molar-refractivity contribution >= 4 is 50.3 Å². The maximum absolute atomic E-state index is 11.9. The smallest absolute Gasteiger partial charge is 0.335 e. The van der Waals surface area contributed by atoms with Gasteiger partial charge in [0.2, 0.25) is 5.91 Å². The summed E-state index contributed by atoms with van der Waals surface area (Å²) in [5.41, 5.74) is 0.853. The molecule has 0 spiro atoms. The zero-order valence-corrected chi connectivity index (χ0v) is 12.7. The molecule has 0 bridgehead atoms. The highest BCUT2D eigenvalue weighted by Gasteiger charge is 2.11. The van der Waals surface area contributed by atoms with Crippen molar-refractivity contribution in [3.8, 4) is 0 Å². The van der Waals surface area contributed by atoms with Gasteiger partial charge in [-0.05, 0) is 18.2 Å². The van der Waals surface area contributed by atoms with Crippen LogP contribution in [0.3, 0.4) is 0 Å². The number of aromatic nitrogens is 3. The molecule has 0 aliphatic carbocycles. The number of aromatic carboxylic acids is 1. The van der Waals surface area contributed by atoms with E-state index in [0.717, 1.165) is 0 Å². The fourth-order valence-corrected chi connectivity index (χ4v) is 3.28. The summed E-state index contributed by atoms with van der Waals surface area (Å²) < 4.78 is 0.717. The fraction of sp³-hybridized carbons (Fsp3) is 0.0769. The number of H-pyrrole nitrogens is 1. The number of hydrogen-bond donors (Lipinski definition) is 3. The fourth-order valence-electron chi connectivity index (χ4n) is 1.73. The van der Waals surface area contributed by atoms with Crippen LogP contribution >= 0.6 is 23.1 Å². The molecule has 0 saturated carbocycles. The Labute approximate surface area is 132 Å². The van der Waals surface area contributed by atoms with Gasteiger partial charge in [0.15, 0.2) is 10.3 Å². The van der Waals surface area contributed by atoms with E-state index in [0.29, 0.717) is 20.5 Å². The first-order valence-electron chi connectivity index (χ1n) is 6.18. The minimum Gasteiger partial charge on any atom is -0.478 e. The monoisotopic (exact) mass is 334 g/mol. The quantitative estimate of drug-likeness (QED) is 0.619. The lowest BCUT2D eigenvalue weighted by Gasteiger charge is -1.99. The number of hydrogen-bond acceptors (Lipinski definition) is 6. The Morgan fingerprint density at radius 2 is 2.27 bits per heavy atom. The minimum atomic E-state index is -0.990. The Morgan fingerprint density at radius 3 is 3.00 bits per heavy atom. The molecular weight excluding hydrogens is 324 g/mol. The number of thioether (sulfide) groups is 1. The van der Waals surface area contributed by atoms with Crippen LogP contribution in [0.1, 0.15) is 10.4 Å². The van der Waals surface area contributed by atoms with Gasteiger partial charge >= 0.3 is 5.97 Å². The van der Waals surface area contributed by atoms with Crippen LogP contribution in [0, 0.1) is 0 Å². The van der Waals surface area contributed by atoms with Crippen molar-refractivity contribution < 1.29 is 14.7 Å². The van der Waals surface area contributed by atoms with E-state index >= 15 is 0 Å². The third-order valence-electron chi connectivity index (χ3n) is 2.69. The van der Waals surface area contributed by atoms with Crippen LogP contribution in [0.5, 0.6) is 0 Å². The number of carboxylic acid groups (broad SMARTS) is 1. The number of rotatable bonds is 5. The summed E-state index contributed by atoms with van der Waals surface area (Å²) in [6, 6.07) is 4.66. The third kappa shape index (κ3) is 3.26. The number of amides is 1. The molecule has 0 atom stereocenters. The summed E-state index contributed by atoms with van der Waals surface area (Å²) in [5.74, 6) is -0.973. The lowest BCUT2D eigenvalue weighted by molar-refractivity contribution is -0.113. The predicted octanol–water partition coefficient (Wildman–Crippen LogP) is 2.45. The van der Waals surface area contributed by atoms with Crippen LogP contribution in [0.4, 0.5) is 5.13 Å². The molecule has 3 aromatic rings. The van der Waals surface area contributed by atoms with Crippen LogP contribution < -0.4 is 5.32 Å². The van der Waals surface area contributed by atoms with Crippen molar-refractivity contribution in [1.29, 1.82) is 0 Å². The third-order valence-corrected chi connectivity index (χ3v) is 4.53. The zero-order valence-electron chi connectivity index (χ0n) is 11.1. The number of aromatic amines is 1. The molecule has 0 radical (unpaired) electrons. The van der Waals surface area contributed by atoms with Crippen LogP contribution in [-0.4, -0.2) is 37.7 Å². The number of carbonyl (C=O) groups excluding carboxylic acids is 1. The first-order chi connectivity index (χ1) is 10.6. The number of nitrogens with one attached hydrogen (secondary N) is 2. The Bertz CT molecular complexity index is 829. The average Bonchev–Trinajstić information content (AvgIpc) is 3.13. The second-order valence-electron chi connectivity index (χ2n) is 4.24. The lowest BCUT2D eigenvalue weighted by Crippen LogP contribution is -2.13. The van der Waals surface area contributed by atoms with Gasteiger partial charge in [0.05, 0.1) is 21.5 Å². The Kier molecular flexibility index (Phi) is 4.07. The largest absolute Gasteiger partial charge is 0.478 e. The van der Waals surface area contributed by atoms with Gasteiger partial charge in [-0.1, -0.05) is 23.1 Å². The minimum absolute atomic E-state index is 0.195. The molecule has 112 valence electrons. The van der Waals surface area contributed by atoms with Gasteiger partial charge in [-0.15, -0.1) is 0 Å². The van der Waals surface area contributed by atoms with E-state index in [1.165, 1.54) is 29.2 Å². The maximum Gasteiger partial charge on any atom is 0.335 e. The van der Waals surface area contributed by atoms with Gasteiger partial charge in [-0.2, -0.15) is 0 Å². The second-order valence-corrected chi connectivity index (χ2v) is 6.23. The SMILES string of the molecule is O=C(CSc1ncc[nH]1)Nc1nc2ccc(C(=O)O)cc2s1. The molecule has 0 unspecified atom stereocenters. The molecule has 0 aliphatic heterocycles. The van der Waals surface area contributed by atoms with Crippen LogP contribution in [-0.2, 0) is 4.79 Å². The molecule has 22 heavy (non-hydrogen) atoms. The number of imidazole rings is 1. The molecule has 0 aliphatic rings. The normalized spacial score (nSPS) is 10.7. The Balaban J connectivity index is 1.68. The standard InChI is InChI=1S/C13H10N4O3S2/c18-10(6-21-12-14-3-4-15-12)17-13-16-8-2-1-7(11(19)20)5-9(8)22-13/h1-5H,6H2,(H,14,15)(H,19,20)(H,16,17,18). The summed E-state index contributed by atoms with van der Waals surface area (Å²) in [5, 5.41) is 12.8. The Hall–Kier alpha value is -2.39. The number of carboxylic acids is 1. The van der Waals surface area contributed by atoms with Crippen LogP contribution in [0.2, 0.25) is 0 Å². The van der Waals surface area contributed by atoms with E-state index in [1.807, 2.05) is 0 Å².